The van der Waals surface area contributed by atoms with Gasteiger partial charge in [0.15, 0.2) is 11.3 Å². The van der Waals surface area contributed by atoms with E-state index in [1.54, 1.807) is 24.3 Å². The van der Waals surface area contributed by atoms with Crippen molar-refractivity contribution in [1.82, 2.24) is 10.3 Å². The fourth-order valence-corrected chi connectivity index (χ4v) is 3.82. The first-order chi connectivity index (χ1) is 13.1. The lowest BCUT2D eigenvalue weighted by Gasteiger charge is -2.34. The fourth-order valence-electron chi connectivity index (χ4n) is 2.98. The molecule has 2 aliphatic rings. The highest BCUT2D eigenvalue weighted by Crippen LogP contribution is 2.35. The average molecular weight is 401 g/mol. The quantitative estimate of drug-likeness (QED) is 0.805. The molecule has 0 unspecified atom stereocenters. The van der Waals surface area contributed by atoms with Gasteiger partial charge in [0.1, 0.15) is 11.5 Å². The molecule has 0 bridgehead atoms. The number of hydrazone groups is 1. The molecular formula is C19H14ClFN4OS. The van der Waals surface area contributed by atoms with Gasteiger partial charge in [-0.25, -0.2) is 9.40 Å². The van der Waals surface area contributed by atoms with Gasteiger partial charge in [-0.05, 0) is 18.2 Å². The van der Waals surface area contributed by atoms with Gasteiger partial charge >= 0.3 is 0 Å². The van der Waals surface area contributed by atoms with E-state index in [1.807, 2.05) is 12.1 Å². The van der Waals surface area contributed by atoms with Gasteiger partial charge in [0, 0.05) is 11.0 Å². The molecule has 0 fully saturated rings. The molecule has 2 aromatic rings. The number of fused-ring (bicyclic) bond motifs is 2. The zero-order valence-corrected chi connectivity index (χ0v) is 15.6. The monoisotopic (exact) mass is 400 g/mol. The van der Waals surface area contributed by atoms with Crippen molar-refractivity contribution in [1.29, 1.82) is 0 Å². The number of carbonyl (C=O) groups excluding carboxylic acids is 1. The van der Waals surface area contributed by atoms with Crippen molar-refractivity contribution in [2.75, 3.05) is 5.75 Å². The Balaban J connectivity index is 1.96. The Morgan fingerprint density at radius 2 is 2.11 bits per heavy atom. The Labute approximate surface area is 163 Å². The largest absolute Gasteiger partial charge is 0.298 e. The summed E-state index contributed by atoms with van der Waals surface area (Å²) in [4.78, 5) is 17.5. The zero-order valence-electron chi connectivity index (χ0n) is 14.0. The van der Waals surface area contributed by atoms with Crippen molar-refractivity contribution in [3.63, 3.8) is 0 Å². The molecule has 27 heavy (non-hydrogen) atoms. The molecule has 0 saturated heterocycles. The number of amidine groups is 1. The summed E-state index contributed by atoms with van der Waals surface area (Å²) >= 11 is 7.59. The summed E-state index contributed by atoms with van der Waals surface area (Å²) in [6, 6.07) is 11.6. The standard InChI is InChI=1S/C19H14ClFN4OS/c1-2-10-27-19-23-18(26)16-11-6-3-4-9-14(11)22-17(25(16)24-19)15-12(20)7-5-8-13(15)21/h2-9,17H,1,10H2,(H,23,24,26)/t17-/m1/s1. The van der Waals surface area contributed by atoms with Crippen LogP contribution >= 0.6 is 23.4 Å². The second-order valence-electron chi connectivity index (χ2n) is 5.81. The number of rotatable bonds is 3. The lowest BCUT2D eigenvalue weighted by molar-refractivity contribution is -0.116. The van der Waals surface area contributed by atoms with Crippen molar-refractivity contribution in [3.8, 4) is 0 Å². The van der Waals surface area contributed by atoms with Crippen LogP contribution in [0.15, 0.2) is 65.2 Å². The summed E-state index contributed by atoms with van der Waals surface area (Å²) in [5, 5.41) is 10.6. The Morgan fingerprint density at radius 3 is 2.89 bits per heavy atom. The number of amides is 1. The van der Waals surface area contributed by atoms with Gasteiger partial charge in [-0.15, -0.1) is 11.7 Å². The van der Waals surface area contributed by atoms with Gasteiger partial charge < -0.3 is 0 Å². The number of halogens is 2. The molecule has 4 rings (SSSR count). The molecular weight excluding hydrogens is 387 g/mol. The molecule has 0 spiro atoms. The third-order valence-electron chi connectivity index (χ3n) is 4.11. The molecule has 1 atom stereocenters. The van der Waals surface area contributed by atoms with Crippen LogP contribution in [-0.2, 0) is 4.79 Å². The molecule has 8 heteroatoms. The molecule has 0 radical (unpaired) electrons. The number of para-hydroxylation sites is 1. The van der Waals surface area contributed by atoms with E-state index in [-0.39, 0.29) is 16.5 Å². The maximum Gasteiger partial charge on any atom is 0.276 e. The SMILES string of the molecule is C=CCSC1=NN2C(=c3ccccc3=N[C@H]2c2c(F)cccc2Cl)C(=O)N1. The third-order valence-corrected chi connectivity index (χ3v) is 5.30. The lowest BCUT2D eigenvalue weighted by atomic mass is 10.1. The van der Waals surface area contributed by atoms with Crippen LogP contribution in [0.25, 0.3) is 5.70 Å². The van der Waals surface area contributed by atoms with Crippen molar-refractivity contribution < 1.29 is 9.18 Å². The highest BCUT2D eigenvalue weighted by Gasteiger charge is 2.36. The van der Waals surface area contributed by atoms with E-state index in [0.29, 0.717) is 27.2 Å². The van der Waals surface area contributed by atoms with Gasteiger partial charge in [-0.1, -0.05) is 53.7 Å². The molecule has 2 aliphatic heterocycles. The Bertz CT molecular complexity index is 1080. The zero-order chi connectivity index (χ0) is 19.0. The average Bonchev–Trinajstić information content (AvgIpc) is 2.66. The minimum absolute atomic E-state index is 0.178. The highest BCUT2D eigenvalue weighted by molar-refractivity contribution is 8.14. The summed E-state index contributed by atoms with van der Waals surface area (Å²) < 4.78 is 14.6. The highest BCUT2D eigenvalue weighted by atomic mass is 35.5. The van der Waals surface area contributed by atoms with E-state index in [0.717, 1.165) is 0 Å². The maximum atomic E-state index is 14.6. The lowest BCUT2D eigenvalue weighted by Crippen LogP contribution is -2.50. The second kappa shape index (κ2) is 7.17. The van der Waals surface area contributed by atoms with Crippen LogP contribution in [0.5, 0.6) is 0 Å². The summed E-state index contributed by atoms with van der Waals surface area (Å²) in [6.45, 7) is 3.67. The number of hydrogen-bond acceptors (Lipinski definition) is 5. The first-order valence-corrected chi connectivity index (χ1v) is 9.50. The van der Waals surface area contributed by atoms with E-state index < -0.39 is 12.0 Å². The summed E-state index contributed by atoms with van der Waals surface area (Å²) in [5.41, 5.74) is 0.491. The van der Waals surface area contributed by atoms with Crippen molar-refractivity contribution in [3.05, 3.63) is 82.1 Å². The Morgan fingerprint density at radius 1 is 1.30 bits per heavy atom. The predicted molar refractivity (Wildman–Crippen MR) is 105 cm³/mol. The number of hydrogen-bond donors (Lipinski definition) is 1. The van der Waals surface area contributed by atoms with Crippen LogP contribution in [0.1, 0.15) is 11.7 Å². The van der Waals surface area contributed by atoms with Crippen molar-refractivity contribution >= 4 is 40.1 Å². The molecule has 0 saturated carbocycles. The number of benzene rings is 2. The minimum atomic E-state index is -0.881. The van der Waals surface area contributed by atoms with Gasteiger partial charge in [-0.3, -0.25) is 15.1 Å². The van der Waals surface area contributed by atoms with E-state index in [9.17, 15) is 9.18 Å². The van der Waals surface area contributed by atoms with E-state index in [2.05, 4.69) is 22.0 Å². The van der Waals surface area contributed by atoms with E-state index in [1.165, 1.54) is 28.9 Å². The van der Waals surface area contributed by atoms with Crippen LogP contribution < -0.4 is 15.9 Å². The van der Waals surface area contributed by atoms with E-state index >= 15 is 0 Å². The molecule has 136 valence electrons. The van der Waals surface area contributed by atoms with Crippen LogP contribution in [0, 0.1) is 5.82 Å². The summed E-state index contributed by atoms with van der Waals surface area (Å²) in [5.74, 6) is -0.256. The van der Waals surface area contributed by atoms with Crippen LogP contribution in [0.3, 0.4) is 0 Å². The molecule has 1 N–H and O–H groups in total. The van der Waals surface area contributed by atoms with Gasteiger partial charge in [-0.2, -0.15) is 0 Å². The van der Waals surface area contributed by atoms with Crippen LogP contribution in [0.4, 0.5) is 4.39 Å². The fraction of sp³-hybridized carbons (Fsp3) is 0.105. The molecule has 0 aromatic heterocycles. The van der Waals surface area contributed by atoms with Crippen molar-refractivity contribution in [2.24, 2.45) is 10.1 Å². The smallest absolute Gasteiger partial charge is 0.276 e. The normalized spacial score (nSPS) is 18.1. The number of thioether (sulfide) groups is 1. The van der Waals surface area contributed by atoms with Gasteiger partial charge in [0.05, 0.1) is 15.9 Å². The predicted octanol–water partition coefficient (Wildman–Crippen LogP) is 2.54. The number of carbonyl (C=O) groups is 1. The summed E-state index contributed by atoms with van der Waals surface area (Å²) in [6.07, 6.45) is 0.827. The molecule has 0 aliphatic carbocycles. The number of nitrogens with one attached hydrogen (secondary N) is 1. The van der Waals surface area contributed by atoms with Gasteiger partial charge in [0.2, 0.25) is 0 Å². The minimum Gasteiger partial charge on any atom is -0.298 e. The Kier molecular flexibility index (Phi) is 4.72. The van der Waals surface area contributed by atoms with Gasteiger partial charge in [0.25, 0.3) is 5.91 Å². The topological polar surface area (TPSA) is 57.1 Å². The maximum absolute atomic E-state index is 14.6. The van der Waals surface area contributed by atoms with E-state index in [4.69, 9.17) is 11.6 Å². The van der Waals surface area contributed by atoms with Crippen LogP contribution in [0.2, 0.25) is 5.02 Å². The molecule has 5 nitrogen and oxygen atoms in total. The molecule has 1 amide bonds. The first kappa shape index (κ1) is 17.8. The Hall–Kier alpha value is -2.64. The second-order valence-corrected chi connectivity index (χ2v) is 7.22. The first-order valence-electron chi connectivity index (χ1n) is 8.14. The van der Waals surface area contributed by atoms with Crippen molar-refractivity contribution in [2.45, 2.75) is 6.17 Å². The third kappa shape index (κ3) is 3.13. The van der Waals surface area contributed by atoms with Crippen LogP contribution in [-0.4, -0.2) is 21.8 Å². The summed E-state index contributed by atoms with van der Waals surface area (Å²) in [7, 11) is 0. The molecule has 2 heterocycles. The number of nitrogens with zero attached hydrogens (tertiary/aromatic N) is 3. The molecule has 2 aromatic carbocycles.